The van der Waals surface area contributed by atoms with E-state index in [1.54, 1.807) is 17.9 Å². The summed E-state index contributed by atoms with van der Waals surface area (Å²) in [6.45, 7) is 2.71. The highest BCUT2D eigenvalue weighted by molar-refractivity contribution is 5.97. The predicted octanol–water partition coefficient (Wildman–Crippen LogP) is 3.65. The van der Waals surface area contributed by atoms with E-state index in [4.69, 9.17) is 15.5 Å². The standard InChI is InChI=1S/C24H24FN3O3/c1-15(31-19-10-8-18(25)9-11-19)24(30)28-12-4-6-17(14-28)22-20(23(26)29)13-16-5-2-3-7-21(16)27-22/h2-3,5,7-11,13,15,17H,4,6,12,14H2,1H3,(H2,26,29). The summed E-state index contributed by atoms with van der Waals surface area (Å²) in [5.74, 6) is -0.704. The fourth-order valence-corrected chi connectivity index (χ4v) is 4.06. The van der Waals surface area contributed by atoms with Gasteiger partial charge in [-0.3, -0.25) is 14.6 Å². The van der Waals surface area contributed by atoms with Crippen molar-refractivity contribution in [3.63, 3.8) is 0 Å². The van der Waals surface area contributed by atoms with Crippen LogP contribution in [0.15, 0.2) is 54.6 Å². The summed E-state index contributed by atoms with van der Waals surface area (Å²) < 4.78 is 18.8. The number of halogens is 1. The van der Waals surface area contributed by atoms with Gasteiger partial charge in [-0.05, 0) is 56.2 Å². The lowest BCUT2D eigenvalue weighted by atomic mass is 9.90. The number of pyridine rings is 1. The van der Waals surface area contributed by atoms with Crippen molar-refractivity contribution >= 4 is 22.7 Å². The van der Waals surface area contributed by atoms with E-state index in [0.717, 1.165) is 23.7 Å². The monoisotopic (exact) mass is 421 g/mol. The first-order valence-corrected chi connectivity index (χ1v) is 10.3. The van der Waals surface area contributed by atoms with E-state index < -0.39 is 12.0 Å². The number of likely N-dealkylation sites (tertiary alicyclic amines) is 1. The number of benzene rings is 2. The summed E-state index contributed by atoms with van der Waals surface area (Å²) in [6, 6.07) is 14.9. The van der Waals surface area contributed by atoms with Crippen molar-refractivity contribution in [3.8, 4) is 5.75 Å². The molecule has 1 saturated heterocycles. The van der Waals surface area contributed by atoms with E-state index in [1.165, 1.54) is 24.3 Å². The van der Waals surface area contributed by atoms with Crippen molar-refractivity contribution in [1.29, 1.82) is 0 Å². The molecule has 1 aliphatic rings. The molecular weight excluding hydrogens is 397 g/mol. The SMILES string of the molecule is CC(Oc1ccc(F)cc1)C(=O)N1CCCC(c2nc3ccccc3cc2C(N)=O)C1. The van der Waals surface area contributed by atoms with Gasteiger partial charge in [0.05, 0.1) is 16.8 Å². The molecule has 2 amide bonds. The van der Waals surface area contributed by atoms with Crippen molar-refractivity contribution in [2.45, 2.75) is 31.8 Å². The molecule has 2 heterocycles. The Morgan fingerprint density at radius 1 is 1.19 bits per heavy atom. The number of carbonyl (C=O) groups is 2. The Labute approximate surface area is 179 Å². The second-order valence-electron chi connectivity index (χ2n) is 7.82. The number of fused-ring (bicyclic) bond motifs is 1. The lowest BCUT2D eigenvalue weighted by molar-refractivity contribution is -0.139. The highest BCUT2D eigenvalue weighted by Crippen LogP contribution is 2.30. The van der Waals surface area contributed by atoms with Crippen LogP contribution in [0.5, 0.6) is 5.75 Å². The maximum Gasteiger partial charge on any atom is 0.263 e. The largest absolute Gasteiger partial charge is 0.481 e. The van der Waals surface area contributed by atoms with Crippen molar-refractivity contribution in [1.82, 2.24) is 9.88 Å². The Morgan fingerprint density at radius 3 is 2.68 bits per heavy atom. The van der Waals surface area contributed by atoms with Crippen LogP contribution in [0.1, 0.15) is 41.7 Å². The summed E-state index contributed by atoms with van der Waals surface area (Å²) in [6.07, 6.45) is 0.874. The Balaban J connectivity index is 1.54. The molecule has 2 N–H and O–H groups in total. The molecular formula is C24H24FN3O3. The first-order chi connectivity index (χ1) is 14.9. The van der Waals surface area contributed by atoms with E-state index >= 15 is 0 Å². The fraction of sp³-hybridized carbons (Fsp3) is 0.292. The Morgan fingerprint density at radius 2 is 1.94 bits per heavy atom. The topological polar surface area (TPSA) is 85.5 Å². The van der Waals surface area contributed by atoms with Gasteiger partial charge in [0.25, 0.3) is 11.8 Å². The zero-order valence-electron chi connectivity index (χ0n) is 17.3. The average molecular weight is 421 g/mol. The maximum atomic E-state index is 13.1. The van der Waals surface area contributed by atoms with Gasteiger partial charge in [0.2, 0.25) is 0 Å². The van der Waals surface area contributed by atoms with Gasteiger partial charge in [-0.1, -0.05) is 18.2 Å². The third-order valence-corrected chi connectivity index (χ3v) is 5.61. The molecule has 4 rings (SSSR count). The molecule has 2 aromatic carbocycles. The van der Waals surface area contributed by atoms with Crippen LogP contribution in [0.3, 0.4) is 0 Å². The Kier molecular flexibility index (Phi) is 5.84. The van der Waals surface area contributed by atoms with Gasteiger partial charge in [0.15, 0.2) is 6.10 Å². The summed E-state index contributed by atoms with van der Waals surface area (Å²) in [4.78, 5) is 31.6. The second-order valence-corrected chi connectivity index (χ2v) is 7.82. The molecule has 1 aliphatic heterocycles. The quantitative estimate of drug-likeness (QED) is 0.682. The molecule has 0 bridgehead atoms. The number of hydrogen-bond acceptors (Lipinski definition) is 4. The number of rotatable bonds is 5. The van der Waals surface area contributed by atoms with Crippen LogP contribution in [0.25, 0.3) is 10.9 Å². The summed E-state index contributed by atoms with van der Waals surface area (Å²) >= 11 is 0. The van der Waals surface area contributed by atoms with Gasteiger partial charge < -0.3 is 15.4 Å². The molecule has 6 nitrogen and oxygen atoms in total. The zero-order chi connectivity index (χ0) is 22.0. The summed E-state index contributed by atoms with van der Waals surface area (Å²) in [5, 5.41) is 0.852. The first-order valence-electron chi connectivity index (χ1n) is 10.3. The number of para-hydroxylation sites is 1. The van der Waals surface area contributed by atoms with Crippen LogP contribution in [-0.2, 0) is 4.79 Å². The van der Waals surface area contributed by atoms with Crippen LogP contribution in [0.4, 0.5) is 4.39 Å². The number of hydrogen-bond donors (Lipinski definition) is 1. The number of amides is 2. The summed E-state index contributed by atoms with van der Waals surface area (Å²) in [7, 11) is 0. The molecule has 3 aromatic rings. The first kappa shape index (κ1) is 20.8. The molecule has 31 heavy (non-hydrogen) atoms. The molecule has 2 atom stereocenters. The molecule has 7 heteroatoms. The zero-order valence-corrected chi connectivity index (χ0v) is 17.3. The van der Waals surface area contributed by atoms with Gasteiger partial charge in [-0.25, -0.2) is 4.39 Å². The number of ether oxygens (including phenoxy) is 1. The highest BCUT2D eigenvalue weighted by Gasteiger charge is 2.31. The summed E-state index contributed by atoms with van der Waals surface area (Å²) in [5.41, 5.74) is 7.47. The highest BCUT2D eigenvalue weighted by atomic mass is 19.1. The lowest BCUT2D eigenvalue weighted by Crippen LogP contribution is -2.45. The minimum absolute atomic E-state index is 0.0946. The maximum absolute atomic E-state index is 13.1. The van der Waals surface area contributed by atoms with Crippen LogP contribution in [0.2, 0.25) is 0 Å². The van der Waals surface area contributed by atoms with E-state index in [1.807, 2.05) is 24.3 Å². The Hall–Kier alpha value is -3.48. The van der Waals surface area contributed by atoms with Crippen molar-refractivity contribution in [3.05, 3.63) is 71.7 Å². The van der Waals surface area contributed by atoms with E-state index in [0.29, 0.717) is 30.1 Å². The van der Waals surface area contributed by atoms with E-state index in [9.17, 15) is 14.0 Å². The van der Waals surface area contributed by atoms with Crippen LogP contribution in [-0.4, -0.2) is 40.9 Å². The third kappa shape index (κ3) is 4.50. The number of piperidine rings is 1. The normalized spacial score (nSPS) is 17.4. The van der Waals surface area contributed by atoms with Gasteiger partial charge in [0, 0.05) is 24.4 Å². The second kappa shape index (κ2) is 8.71. The number of nitrogens with two attached hydrogens (primary N) is 1. The van der Waals surface area contributed by atoms with Gasteiger partial charge >= 0.3 is 0 Å². The predicted molar refractivity (Wildman–Crippen MR) is 115 cm³/mol. The minimum Gasteiger partial charge on any atom is -0.481 e. The molecule has 0 spiro atoms. The van der Waals surface area contributed by atoms with Crippen molar-refractivity contribution < 1.29 is 18.7 Å². The molecule has 1 fully saturated rings. The smallest absolute Gasteiger partial charge is 0.263 e. The van der Waals surface area contributed by atoms with E-state index in [-0.39, 0.29) is 17.6 Å². The molecule has 160 valence electrons. The van der Waals surface area contributed by atoms with Gasteiger partial charge in [0.1, 0.15) is 11.6 Å². The van der Waals surface area contributed by atoms with Crippen LogP contribution in [0, 0.1) is 5.82 Å². The minimum atomic E-state index is -0.718. The van der Waals surface area contributed by atoms with E-state index in [2.05, 4.69) is 0 Å². The number of primary amides is 1. The van der Waals surface area contributed by atoms with Crippen molar-refractivity contribution in [2.75, 3.05) is 13.1 Å². The number of carbonyl (C=O) groups excluding carboxylic acids is 2. The lowest BCUT2D eigenvalue weighted by Gasteiger charge is -2.34. The average Bonchev–Trinajstić information content (AvgIpc) is 2.79. The molecule has 2 unspecified atom stereocenters. The third-order valence-electron chi connectivity index (χ3n) is 5.61. The van der Waals surface area contributed by atoms with Crippen LogP contribution < -0.4 is 10.5 Å². The molecule has 0 saturated carbocycles. The number of aromatic nitrogens is 1. The molecule has 1 aromatic heterocycles. The van der Waals surface area contributed by atoms with Gasteiger partial charge in [-0.2, -0.15) is 0 Å². The molecule has 0 radical (unpaired) electrons. The van der Waals surface area contributed by atoms with Gasteiger partial charge in [-0.15, -0.1) is 0 Å². The number of nitrogens with zero attached hydrogens (tertiary/aromatic N) is 2. The van der Waals surface area contributed by atoms with Crippen molar-refractivity contribution in [2.24, 2.45) is 5.73 Å². The Bertz CT molecular complexity index is 1120. The van der Waals surface area contributed by atoms with Crippen LogP contribution >= 0.6 is 0 Å². The fourth-order valence-electron chi connectivity index (χ4n) is 4.06. The molecule has 0 aliphatic carbocycles.